The molecule has 1 unspecified atom stereocenters. The Bertz CT molecular complexity index is 1260. The third-order valence-electron chi connectivity index (χ3n) is 6.97. The van der Waals surface area contributed by atoms with Gasteiger partial charge in [0, 0.05) is 57.4 Å². The van der Waals surface area contributed by atoms with Gasteiger partial charge in [0.15, 0.2) is 5.82 Å². The quantitative estimate of drug-likeness (QED) is 0.428. The minimum atomic E-state index is -2.99. The molecule has 0 N–H and O–H groups in total. The molecule has 0 spiro atoms. The number of nitrogens with zero attached hydrogens (tertiary/aromatic N) is 7. The first-order chi connectivity index (χ1) is 17.7. The maximum atomic E-state index is 14.2. The molecule has 2 aliphatic heterocycles. The SMILES string of the molecule is CC1CCCCN1c1nc(-c2ccc(F)c(Cl)c2)nc(N2CCN(c3ncccc3C(C)(F)F)CC2)n1. The second-order valence-corrected chi connectivity index (χ2v) is 10.1. The second kappa shape index (κ2) is 10.3. The lowest BCUT2D eigenvalue weighted by molar-refractivity contribution is 0.0176. The summed E-state index contributed by atoms with van der Waals surface area (Å²) in [5.41, 5.74) is 0.517. The van der Waals surface area contributed by atoms with Crippen LogP contribution in [0, 0.1) is 5.82 Å². The number of rotatable bonds is 5. The highest BCUT2D eigenvalue weighted by Crippen LogP contribution is 2.34. The van der Waals surface area contributed by atoms with Crippen molar-refractivity contribution in [1.29, 1.82) is 0 Å². The largest absolute Gasteiger partial charge is 0.353 e. The van der Waals surface area contributed by atoms with E-state index in [1.165, 1.54) is 30.5 Å². The van der Waals surface area contributed by atoms with E-state index in [1.54, 1.807) is 6.07 Å². The Morgan fingerprint density at radius 1 is 0.946 bits per heavy atom. The molecule has 2 fully saturated rings. The highest BCUT2D eigenvalue weighted by molar-refractivity contribution is 6.31. The van der Waals surface area contributed by atoms with Gasteiger partial charge in [0.2, 0.25) is 11.9 Å². The summed E-state index contributed by atoms with van der Waals surface area (Å²) < 4.78 is 42.2. The summed E-state index contributed by atoms with van der Waals surface area (Å²) in [6.07, 6.45) is 4.79. The van der Waals surface area contributed by atoms with Gasteiger partial charge >= 0.3 is 0 Å². The van der Waals surface area contributed by atoms with E-state index >= 15 is 0 Å². The van der Waals surface area contributed by atoms with Gasteiger partial charge in [0.1, 0.15) is 11.6 Å². The predicted molar refractivity (Wildman–Crippen MR) is 139 cm³/mol. The summed E-state index contributed by atoms with van der Waals surface area (Å²) in [4.78, 5) is 24.6. The van der Waals surface area contributed by atoms with Crippen molar-refractivity contribution in [3.8, 4) is 11.4 Å². The normalized spacial score (nSPS) is 18.9. The van der Waals surface area contributed by atoms with E-state index in [1.807, 2.05) is 9.80 Å². The zero-order valence-corrected chi connectivity index (χ0v) is 21.6. The molecule has 11 heteroatoms. The topological polar surface area (TPSA) is 61.3 Å². The van der Waals surface area contributed by atoms with E-state index in [2.05, 4.69) is 16.8 Å². The Hall–Kier alpha value is -3.14. The molecule has 2 aromatic heterocycles. The standard InChI is InChI=1S/C26H29ClF3N7/c1-17-6-3-4-11-37(17)25-33-22(18-8-9-21(28)20(27)16-18)32-24(34-25)36-14-12-35(13-15-36)23-19(26(2,29)30)7-5-10-31-23/h5,7-10,16-17H,3-4,6,11-15H2,1-2H3. The van der Waals surface area contributed by atoms with Crippen LogP contribution >= 0.6 is 11.6 Å². The number of anilines is 3. The van der Waals surface area contributed by atoms with Crippen LogP contribution in [0.4, 0.5) is 30.9 Å². The lowest BCUT2D eigenvalue weighted by atomic mass is 10.0. The minimum Gasteiger partial charge on any atom is -0.353 e. The molecule has 196 valence electrons. The van der Waals surface area contributed by atoms with E-state index in [4.69, 9.17) is 26.6 Å². The van der Waals surface area contributed by atoms with Crippen LogP contribution in [-0.2, 0) is 5.92 Å². The van der Waals surface area contributed by atoms with Gasteiger partial charge in [0.05, 0.1) is 10.6 Å². The lowest BCUT2D eigenvalue weighted by Gasteiger charge is -2.37. The fourth-order valence-electron chi connectivity index (χ4n) is 4.89. The molecule has 0 amide bonds. The first-order valence-electron chi connectivity index (χ1n) is 12.5. The molecular weight excluding hydrogens is 503 g/mol. The number of hydrogen-bond donors (Lipinski definition) is 0. The zero-order chi connectivity index (χ0) is 26.2. The Kier molecular flexibility index (Phi) is 7.11. The van der Waals surface area contributed by atoms with Crippen LogP contribution in [0.15, 0.2) is 36.5 Å². The fraction of sp³-hybridized carbons (Fsp3) is 0.462. The van der Waals surface area contributed by atoms with Crippen molar-refractivity contribution >= 4 is 29.3 Å². The summed E-state index contributed by atoms with van der Waals surface area (Å²) in [6.45, 7) is 5.90. The highest BCUT2D eigenvalue weighted by Gasteiger charge is 2.32. The van der Waals surface area contributed by atoms with E-state index in [9.17, 15) is 13.2 Å². The molecule has 1 aromatic carbocycles. The van der Waals surface area contributed by atoms with Crippen LogP contribution in [0.3, 0.4) is 0 Å². The highest BCUT2D eigenvalue weighted by atomic mass is 35.5. The molecule has 37 heavy (non-hydrogen) atoms. The van der Waals surface area contributed by atoms with Gasteiger partial charge in [-0.1, -0.05) is 11.6 Å². The van der Waals surface area contributed by atoms with Crippen molar-refractivity contribution in [2.24, 2.45) is 0 Å². The fourth-order valence-corrected chi connectivity index (χ4v) is 5.07. The van der Waals surface area contributed by atoms with Crippen molar-refractivity contribution in [2.75, 3.05) is 47.4 Å². The summed E-state index contributed by atoms with van der Waals surface area (Å²) in [7, 11) is 0. The number of piperazine rings is 1. The molecule has 2 saturated heterocycles. The monoisotopic (exact) mass is 531 g/mol. The van der Waals surface area contributed by atoms with Crippen LogP contribution in [0.25, 0.3) is 11.4 Å². The van der Waals surface area contributed by atoms with E-state index in [0.29, 0.717) is 55.3 Å². The number of piperidine rings is 1. The van der Waals surface area contributed by atoms with Crippen molar-refractivity contribution in [3.63, 3.8) is 0 Å². The zero-order valence-electron chi connectivity index (χ0n) is 20.8. The summed E-state index contributed by atoms with van der Waals surface area (Å²) >= 11 is 6.05. The third kappa shape index (κ3) is 5.44. The van der Waals surface area contributed by atoms with Crippen molar-refractivity contribution in [1.82, 2.24) is 19.9 Å². The van der Waals surface area contributed by atoms with Gasteiger partial charge in [-0.15, -0.1) is 0 Å². The Morgan fingerprint density at radius 3 is 2.38 bits per heavy atom. The Morgan fingerprint density at radius 2 is 1.68 bits per heavy atom. The van der Waals surface area contributed by atoms with E-state index in [-0.39, 0.29) is 16.6 Å². The lowest BCUT2D eigenvalue weighted by Crippen LogP contribution is -2.48. The smallest absolute Gasteiger partial charge is 0.274 e. The van der Waals surface area contributed by atoms with Gasteiger partial charge in [-0.25, -0.2) is 18.2 Å². The molecule has 5 rings (SSSR count). The van der Waals surface area contributed by atoms with Crippen LogP contribution in [-0.4, -0.2) is 58.7 Å². The second-order valence-electron chi connectivity index (χ2n) is 9.66. The molecule has 3 aromatic rings. The van der Waals surface area contributed by atoms with E-state index in [0.717, 1.165) is 32.7 Å². The maximum Gasteiger partial charge on any atom is 0.274 e. The summed E-state index contributed by atoms with van der Waals surface area (Å²) in [6, 6.07) is 7.66. The summed E-state index contributed by atoms with van der Waals surface area (Å²) in [5, 5.41) is -0.000131. The van der Waals surface area contributed by atoms with Crippen LogP contribution in [0.1, 0.15) is 38.7 Å². The number of benzene rings is 1. The van der Waals surface area contributed by atoms with Gasteiger partial charge in [0.25, 0.3) is 5.92 Å². The molecule has 0 saturated carbocycles. The van der Waals surface area contributed by atoms with Gasteiger partial charge in [-0.3, -0.25) is 0 Å². The van der Waals surface area contributed by atoms with Crippen LogP contribution in [0.5, 0.6) is 0 Å². The third-order valence-corrected chi connectivity index (χ3v) is 7.26. The van der Waals surface area contributed by atoms with Gasteiger partial charge < -0.3 is 14.7 Å². The Labute approximate surface area is 219 Å². The average molecular weight is 532 g/mol. The predicted octanol–water partition coefficient (Wildman–Crippen LogP) is 5.54. The molecule has 0 bridgehead atoms. The number of pyridine rings is 1. The van der Waals surface area contributed by atoms with Crippen molar-refractivity contribution in [3.05, 3.63) is 52.9 Å². The molecule has 4 heterocycles. The first kappa shape index (κ1) is 25.5. The number of aromatic nitrogens is 4. The summed E-state index contributed by atoms with van der Waals surface area (Å²) in [5.74, 6) is -1.70. The van der Waals surface area contributed by atoms with Crippen molar-refractivity contribution < 1.29 is 13.2 Å². The molecule has 0 aliphatic carbocycles. The molecule has 1 atom stereocenters. The number of halogens is 4. The first-order valence-corrected chi connectivity index (χ1v) is 12.9. The average Bonchev–Trinajstić information content (AvgIpc) is 2.90. The number of alkyl halides is 2. The Balaban J connectivity index is 1.44. The number of hydrogen-bond acceptors (Lipinski definition) is 7. The molecule has 0 radical (unpaired) electrons. The van der Waals surface area contributed by atoms with Crippen molar-refractivity contribution in [2.45, 2.75) is 45.1 Å². The molecule has 7 nitrogen and oxygen atoms in total. The van der Waals surface area contributed by atoms with Gasteiger partial charge in [-0.05, 0) is 56.5 Å². The van der Waals surface area contributed by atoms with Crippen LogP contribution < -0.4 is 14.7 Å². The molecule has 2 aliphatic rings. The maximum absolute atomic E-state index is 14.2. The van der Waals surface area contributed by atoms with E-state index < -0.39 is 11.7 Å². The van der Waals surface area contributed by atoms with Gasteiger partial charge in [-0.2, -0.15) is 15.0 Å². The molecular formula is C26H29ClF3N7. The van der Waals surface area contributed by atoms with Crippen LogP contribution in [0.2, 0.25) is 5.02 Å². The minimum absolute atomic E-state index is 0.000131.